The lowest BCUT2D eigenvalue weighted by Crippen LogP contribution is -2.20. The summed E-state index contributed by atoms with van der Waals surface area (Å²) < 4.78 is 1.44. The van der Waals surface area contributed by atoms with Crippen molar-refractivity contribution < 1.29 is 4.79 Å². The van der Waals surface area contributed by atoms with Crippen LogP contribution in [0.4, 0.5) is 5.69 Å². The third-order valence-corrected chi connectivity index (χ3v) is 2.06. The summed E-state index contributed by atoms with van der Waals surface area (Å²) in [6.45, 7) is 1.86. The van der Waals surface area contributed by atoms with Crippen molar-refractivity contribution in [1.82, 2.24) is 20.2 Å². The summed E-state index contributed by atoms with van der Waals surface area (Å²) in [5.74, 6) is 0.463. The molecule has 16 heavy (non-hydrogen) atoms. The van der Waals surface area contributed by atoms with Gasteiger partial charge in [0.15, 0.2) is 0 Å². The Labute approximate surface area is 92.3 Å². The van der Waals surface area contributed by atoms with Gasteiger partial charge in [-0.25, -0.2) is 4.68 Å². The third-order valence-electron chi connectivity index (χ3n) is 2.06. The maximum Gasteiger partial charge on any atom is 0.246 e. The predicted octanol–water partition coefficient (Wildman–Crippen LogP) is 0.620. The lowest BCUT2D eigenvalue weighted by molar-refractivity contribution is -0.117. The van der Waals surface area contributed by atoms with E-state index < -0.39 is 0 Å². The van der Waals surface area contributed by atoms with E-state index in [0.29, 0.717) is 5.82 Å². The van der Waals surface area contributed by atoms with E-state index in [1.807, 2.05) is 30.3 Å². The fourth-order valence-electron chi connectivity index (χ4n) is 1.25. The average Bonchev–Trinajstić information content (AvgIpc) is 2.66. The van der Waals surface area contributed by atoms with Gasteiger partial charge in [-0.2, -0.15) is 0 Å². The van der Waals surface area contributed by atoms with Gasteiger partial charge in [0.25, 0.3) is 0 Å². The summed E-state index contributed by atoms with van der Waals surface area (Å²) in [4.78, 5) is 11.6. The van der Waals surface area contributed by atoms with Crippen molar-refractivity contribution in [2.45, 2.75) is 13.5 Å². The Kier molecular flexibility index (Phi) is 2.90. The second-order valence-electron chi connectivity index (χ2n) is 3.30. The number of rotatable bonds is 3. The number of para-hydroxylation sites is 1. The Balaban J connectivity index is 1.98. The van der Waals surface area contributed by atoms with Crippen LogP contribution in [0.3, 0.4) is 0 Å². The van der Waals surface area contributed by atoms with Crippen LogP contribution in [0.25, 0.3) is 0 Å². The first kappa shape index (κ1) is 10.3. The fraction of sp³-hybridized carbons (Fsp3) is 0.200. The molecule has 1 heterocycles. The van der Waals surface area contributed by atoms with E-state index in [9.17, 15) is 4.79 Å². The zero-order chi connectivity index (χ0) is 11.4. The third kappa shape index (κ3) is 2.41. The molecule has 0 bridgehead atoms. The van der Waals surface area contributed by atoms with E-state index in [1.54, 1.807) is 6.92 Å². The van der Waals surface area contributed by atoms with Crippen molar-refractivity contribution in [3.05, 3.63) is 36.2 Å². The van der Waals surface area contributed by atoms with Gasteiger partial charge in [0.2, 0.25) is 5.91 Å². The minimum Gasteiger partial charge on any atom is -0.324 e. The van der Waals surface area contributed by atoms with Gasteiger partial charge in [0.1, 0.15) is 12.4 Å². The zero-order valence-corrected chi connectivity index (χ0v) is 8.79. The molecule has 0 fully saturated rings. The smallest absolute Gasteiger partial charge is 0.246 e. The Morgan fingerprint density at radius 2 is 2.12 bits per heavy atom. The molecule has 82 valence electrons. The molecule has 0 aliphatic heterocycles. The predicted molar refractivity (Wildman–Crippen MR) is 57.6 cm³/mol. The second-order valence-corrected chi connectivity index (χ2v) is 3.30. The molecule has 0 radical (unpaired) electrons. The van der Waals surface area contributed by atoms with Crippen molar-refractivity contribution >= 4 is 11.6 Å². The molecule has 2 rings (SSSR count). The zero-order valence-electron chi connectivity index (χ0n) is 8.79. The first-order valence-corrected chi connectivity index (χ1v) is 4.83. The fourth-order valence-corrected chi connectivity index (χ4v) is 1.25. The Morgan fingerprint density at radius 1 is 1.38 bits per heavy atom. The molecular formula is C10H11N5O. The molecule has 0 spiro atoms. The summed E-state index contributed by atoms with van der Waals surface area (Å²) in [6.07, 6.45) is 0. The summed E-state index contributed by atoms with van der Waals surface area (Å²) in [5.41, 5.74) is 0.762. The first-order valence-electron chi connectivity index (χ1n) is 4.83. The second kappa shape index (κ2) is 4.52. The number of nitrogens with one attached hydrogen (secondary N) is 1. The number of hydrogen-bond donors (Lipinski definition) is 1. The topological polar surface area (TPSA) is 72.7 Å². The number of aromatic nitrogens is 4. The van der Waals surface area contributed by atoms with E-state index >= 15 is 0 Å². The minimum atomic E-state index is -0.151. The lowest BCUT2D eigenvalue weighted by Gasteiger charge is -2.04. The quantitative estimate of drug-likeness (QED) is 0.818. The van der Waals surface area contributed by atoms with Gasteiger partial charge in [-0.15, -0.1) is 5.10 Å². The normalized spacial score (nSPS) is 10.1. The van der Waals surface area contributed by atoms with Crippen molar-refractivity contribution in [2.75, 3.05) is 5.32 Å². The molecule has 2 aromatic rings. The van der Waals surface area contributed by atoms with Crippen LogP contribution in [0.15, 0.2) is 30.3 Å². The van der Waals surface area contributed by atoms with Crippen LogP contribution in [0, 0.1) is 6.92 Å². The summed E-state index contributed by atoms with van der Waals surface area (Å²) in [7, 11) is 0. The highest BCUT2D eigenvalue weighted by Crippen LogP contribution is 2.04. The Hall–Kier alpha value is -2.24. The Bertz CT molecular complexity index is 479. The van der Waals surface area contributed by atoms with Crippen LogP contribution in [0.2, 0.25) is 0 Å². The standard InChI is InChI=1S/C10H11N5O/c1-8-12-13-14-15(8)7-10(16)11-9-5-3-2-4-6-9/h2-6H,7H2,1H3,(H,11,16). The number of nitrogens with zero attached hydrogens (tertiary/aromatic N) is 4. The van der Waals surface area contributed by atoms with Crippen LogP contribution in [0.5, 0.6) is 0 Å². The number of benzene rings is 1. The molecule has 6 nitrogen and oxygen atoms in total. The number of carbonyl (C=O) groups excluding carboxylic acids is 1. The number of hydrogen-bond acceptors (Lipinski definition) is 4. The number of tetrazole rings is 1. The van der Waals surface area contributed by atoms with Crippen LogP contribution in [-0.2, 0) is 11.3 Å². The van der Waals surface area contributed by atoms with Gasteiger partial charge in [0.05, 0.1) is 0 Å². The van der Waals surface area contributed by atoms with Crippen LogP contribution < -0.4 is 5.32 Å². The number of carbonyl (C=O) groups is 1. The largest absolute Gasteiger partial charge is 0.324 e. The molecule has 0 atom stereocenters. The summed E-state index contributed by atoms with van der Waals surface area (Å²) in [5, 5.41) is 13.6. The van der Waals surface area contributed by atoms with Crippen molar-refractivity contribution in [2.24, 2.45) is 0 Å². The highest BCUT2D eigenvalue weighted by Gasteiger charge is 2.06. The maximum atomic E-state index is 11.6. The Morgan fingerprint density at radius 3 is 2.75 bits per heavy atom. The number of anilines is 1. The summed E-state index contributed by atoms with van der Waals surface area (Å²) >= 11 is 0. The first-order chi connectivity index (χ1) is 7.75. The SMILES string of the molecule is Cc1nnnn1CC(=O)Nc1ccccc1. The molecule has 0 aliphatic rings. The molecule has 0 saturated carbocycles. The molecule has 0 aliphatic carbocycles. The molecule has 1 N–H and O–H groups in total. The van der Waals surface area contributed by atoms with E-state index in [0.717, 1.165) is 5.69 Å². The maximum absolute atomic E-state index is 11.6. The van der Waals surface area contributed by atoms with Gasteiger partial charge in [-0.1, -0.05) is 18.2 Å². The van der Waals surface area contributed by atoms with Gasteiger partial charge in [-0.3, -0.25) is 4.79 Å². The molecule has 6 heteroatoms. The van der Waals surface area contributed by atoms with Gasteiger partial charge >= 0.3 is 0 Å². The van der Waals surface area contributed by atoms with E-state index in [4.69, 9.17) is 0 Å². The van der Waals surface area contributed by atoms with Crippen molar-refractivity contribution in [3.8, 4) is 0 Å². The molecule has 1 aromatic heterocycles. The molecule has 1 amide bonds. The van der Waals surface area contributed by atoms with E-state index in [2.05, 4.69) is 20.8 Å². The van der Waals surface area contributed by atoms with Crippen molar-refractivity contribution in [1.29, 1.82) is 0 Å². The minimum absolute atomic E-state index is 0.119. The van der Waals surface area contributed by atoms with E-state index in [1.165, 1.54) is 4.68 Å². The molecule has 0 saturated heterocycles. The van der Waals surface area contributed by atoms with Gasteiger partial charge < -0.3 is 5.32 Å². The highest BCUT2D eigenvalue weighted by atomic mass is 16.2. The van der Waals surface area contributed by atoms with Gasteiger partial charge in [0, 0.05) is 5.69 Å². The molecular weight excluding hydrogens is 206 g/mol. The highest BCUT2D eigenvalue weighted by molar-refractivity contribution is 5.90. The van der Waals surface area contributed by atoms with Crippen LogP contribution in [0.1, 0.15) is 5.82 Å². The van der Waals surface area contributed by atoms with Crippen LogP contribution >= 0.6 is 0 Å². The molecule has 0 unspecified atom stereocenters. The van der Waals surface area contributed by atoms with Crippen molar-refractivity contribution in [3.63, 3.8) is 0 Å². The average molecular weight is 217 g/mol. The van der Waals surface area contributed by atoms with Gasteiger partial charge in [-0.05, 0) is 29.5 Å². The molecule has 1 aromatic carbocycles. The number of aryl methyl sites for hydroxylation is 1. The van der Waals surface area contributed by atoms with E-state index in [-0.39, 0.29) is 12.5 Å². The monoisotopic (exact) mass is 217 g/mol. The summed E-state index contributed by atoms with van der Waals surface area (Å²) in [6, 6.07) is 9.26. The lowest BCUT2D eigenvalue weighted by atomic mass is 10.3. The van der Waals surface area contributed by atoms with Crippen LogP contribution in [-0.4, -0.2) is 26.1 Å². The number of amides is 1.